The second-order valence-corrected chi connectivity index (χ2v) is 3.59. The average molecular weight is 218 g/mol. The Morgan fingerprint density at radius 3 is 2.57 bits per heavy atom. The molecule has 0 heterocycles. The second-order valence-electron chi connectivity index (χ2n) is 3.18. The smallest absolute Gasteiger partial charge is 0.141 e. The maximum absolute atomic E-state index is 12.9. The summed E-state index contributed by atoms with van der Waals surface area (Å²) in [6.45, 7) is 1.67. The van der Waals surface area contributed by atoms with Crippen molar-refractivity contribution in [2.75, 3.05) is 7.05 Å². The monoisotopic (exact) mass is 217 g/mol. The second kappa shape index (κ2) is 4.73. The van der Waals surface area contributed by atoms with Crippen LogP contribution in [-0.2, 0) is 0 Å². The van der Waals surface area contributed by atoms with E-state index in [4.69, 9.17) is 11.6 Å². The largest absolute Gasteiger partial charge is 0.391 e. The van der Waals surface area contributed by atoms with Crippen molar-refractivity contribution >= 4 is 11.6 Å². The van der Waals surface area contributed by atoms with Crippen LogP contribution in [0, 0.1) is 5.82 Å². The first-order chi connectivity index (χ1) is 6.56. The molecule has 14 heavy (non-hydrogen) atoms. The molecule has 0 spiro atoms. The summed E-state index contributed by atoms with van der Waals surface area (Å²) in [6.07, 6.45) is -0.554. The summed E-state index contributed by atoms with van der Waals surface area (Å²) in [5.41, 5.74) is 0.772. The molecule has 2 N–H and O–H groups in total. The zero-order valence-corrected chi connectivity index (χ0v) is 8.85. The molecule has 0 bridgehead atoms. The Labute approximate surface area is 87.7 Å². The van der Waals surface area contributed by atoms with E-state index in [0.717, 1.165) is 5.56 Å². The van der Waals surface area contributed by atoms with Gasteiger partial charge in [0, 0.05) is 0 Å². The highest BCUT2D eigenvalue weighted by Crippen LogP contribution is 2.22. The summed E-state index contributed by atoms with van der Waals surface area (Å²) in [6, 6.07) is 4.19. The van der Waals surface area contributed by atoms with Crippen molar-refractivity contribution in [1.82, 2.24) is 5.32 Å². The Bertz CT molecular complexity index is 317. The molecule has 2 unspecified atom stereocenters. The summed E-state index contributed by atoms with van der Waals surface area (Å²) in [7, 11) is 1.73. The molecule has 0 aliphatic heterocycles. The average Bonchev–Trinajstić information content (AvgIpc) is 2.11. The fourth-order valence-electron chi connectivity index (χ4n) is 1.39. The van der Waals surface area contributed by atoms with Crippen molar-refractivity contribution < 1.29 is 9.50 Å². The van der Waals surface area contributed by atoms with Crippen LogP contribution in [0.15, 0.2) is 18.2 Å². The van der Waals surface area contributed by atoms with Gasteiger partial charge < -0.3 is 10.4 Å². The van der Waals surface area contributed by atoms with Crippen LogP contribution in [-0.4, -0.2) is 18.3 Å². The molecule has 1 aromatic rings. The van der Waals surface area contributed by atoms with Gasteiger partial charge in [0.05, 0.1) is 17.2 Å². The molecule has 1 rings (SSSR count). The van der Waals surface area contributed by atoms with E-state index in [0.29, 0.717) is 0 Å². The molecular weight excluding hydrogens is 205 g/mol. The Kier molecular flexibility index (Phi) is 3.86. The van der Waals surface area contributed by atoms with E-state index in [2.05, 4.69) is 5.32 Å². The van der Waals surface area contributed by atoms with E-state index in [1.807, 2.05) is 0 Å². The van der Waals surface area contributed by atoms with E-state index in [9.17, 15) is 9.50 Å². The molecule has 0 radical (unpaired) electrons. The van der Waals surface area contributed by atoms with E-state index >= 15 is 0 Å². The van der Waals surface area contributed by atoms with Crippen LogP contribution in [0.5, 0.6) is 0 Å². The zero-order chi connectivity index (χ0) is 10.7. The molecule has 78 valence electrons. The van der Waals surface area contributed by atoms with Crippen molar-refractivity contribution in [2.45, 2.75) is 19.1 Å². The lowest BCUT2D eigenvalue weighted by molar-refractivity contribution is 0.150. The van der Waals surface area contributed by atoms with Gasteiger partial charge in [0.2, 0.25) is 0 Å². The third-order valence-corrected chi connectivity index (χ3v) is 2.39. The molecule has 0 aliphatic carbocycles. The van der Waals surface area contributed by atoms with Crippen molar-refractivity contribution in [3.63, 3.8) is 0 Å². The van der Waals surface area contributed by atoms with Gasteiger partial charge in [-0.05, 0) is 31.7 Å². The molecule has 0 saturated heterocycles. The number of hydrogen-bond donors (Lipinski definition) is 2. The van der Waals surface area contributed by atoms with Crippen LogP contribution in [0.1, 0.15) is 18.5 Å². The van der Waals surface area contributed by atoms with Gasteiger partial charge >= 0.3 is 0 Å². The minimum absolute atomic E-state index is 0.0726. The number of aliphatic hydroxyl groups excluding tert-OH is 1. The number of likely N-dealkylation sites (N-methyl/N-ethyl adjacent to an activating group) is 1. The summed E-state index contributed by atoms with van der Waals surface area (Å²) >= 11 is 5.64. The van der Waals surface area contributed by atoms with E-state index in [1.54, 1.807) is 20.0 Å². The normalized spacial score (nSPS) is 15.2. The molecule has 0 fully saturated rings. The minimum atomic E-state index is -0.554. The van der Waals surface area contributed by atoms with Gasteiger partial charge in [0.1, 0.15) is 5.82 Å². The molecule has 0 amide bonds. The molecule has 2 atom stereocenters. The third-order valence-electron chi connectivity index (χ3n) is 2.10. The topological polar surface area (TPSA) is 32.3 Å². The van der Waals surface area contributed by atoms with Gasteiger partial charge in [0.25, 0.3) is 0 Å². The van der Waals surface area contributed by atoms with Crippen LogP contribution in [0.3, 0.4) is 0 Å². The van der Waals surface area contributed by atoms with Gasteiger partial charge in [-0.15, -0.1) is 0 Å². The zero-order valence-electron chi connectivity index (χ0n) is 8.09. The molecule has 0 aromatic heterocycles. The molecule has 0 aliphatic rings. The van der Waals surface area contributed by atoms with Crippen LogP contribution in [0.2, 0.25) is 5.02 Å². The molecule has 1 aromatic carbocycles. The Morgan fingerprint density at radius 1 is 1.50 bits per heavy atom. The Hall–Kier alpha value is -0.640. The predicted molar refractivity (Wildman–Crippen MR) is 54.9 cm³/mol. The fourth-order valence-corrected chi connectivity index (χ4v) is 1.58. The number of benzene rings is 1. The summed E-state index contributed by atoms with van der Waals surface area (Å²) in [4.78, 5) is 0. The van der Waals surface area contributed by atoms with E-state index in [-0.39, 0.29) is 11.1 Å². The lowest BCUT2D eigenvalue weighted by atomic mass is 10.0. The van der Waals surface area contributed by atoms with Crippen molar-refractivity contribution in [1.29, 1.82) is 0 Å². The lowest BCUT2D eigenvalue weighted by Gasteiger charge is -2.19. The van der Waals surface area contributed by atoms with Crippen molar-refractivity contribution in [3.8, 4) is 0 Å². The maximum Gasteiger partial charge on any atom is 0.141 e. The van der Waals surface area contributed by atoms with Gasteiger partial charge in [-0.25, -0.2) is 4.39 Å². The van der Waals surface area contributed by atoms with Crippen LogP contribution in [0.4, 0.5) is 4.39 Å². The quantitative estimate of drug-likeness (QED) is 0.813. The minimum Gasteiger partial charge on any atom is -0.391 e. The van der Waals surface area contributed by atoms with E-state index < -0.39 is 11.9 Å². The first-order valence-corrected chi connectivity index (χ1v) is 4.74. The standard InChI is InChI=1S/C10H13ClFNO/c1-6(14)10(13-2)7-3-4-9(12)8(11)5-7/h3-6,10,13-14H,1-2H3. The number of halogens is 2. The van der Waals surface area contributed by atoms with Gasteiger partial charge in [-0.3, -0.25) is 0 Å². The number of aliphatic hydroxyl groups is 1. The Balaban J connectivity index is 3.00. The van der Waals surface area contributed by atoms with Gasteiger partial charge in [0.15, 0.2) is 0 Å². The summed E-state index contributed by atoms with van der Waals surface area (Å²) < 4.78 is 12.9. The van der Waals surface area contributed by atoms with Crippen molar-refractivity contribution in [3.05, 3.63) is 34.6 Å². The van der Waals surface area contributed by atoms with Crippen molar-refractivity contribution in [2.24, 2.45) is 0 Å². The summed E-state index contributed by atoms with van der Waals surface area (Å²) in [5.74, 6) is -0.448. The first kappa shape index (κ1) is 11.4. The SMILES string of the molecule is CNC(c1ccc(F)c(Cl)c1)C(C)O. The number of hydrogen-bond acceptors (Lipinski definition) is 2. The van der Waals surface area contributed by atoms with Crippen LogP contribution < -0.4 is 5.32 Å². The Morgan fingerprint density at radius 2 is 2.14 bits per heavy atom. The molecule has 0 saturated carbocycles. The number of rotatable bonds is 3. The molecule has 2 nitrogen and oxygen atoms in total. The highest BCUT2D eigenvalue weighted by Gasteiger charge is 2.15. The maximum atomic E-state index is 12.9. The number of nitrogens with one attached hydrogen (secondary N) is 1. The third kappa shape index (κ3) is 2.44. The summed E-state index contributed by atoms with van der Waals surface area (Å²) in [5, 5.41) is 12.4. The molecular formula is C10H13ClFNO. The van der Waals surface area contributed by atoms with E-state index in [1.165, 1.54) is 12.1 Å². The fraction of sp³-hybridized carbons (Fsp3) is 0.400. The molecule has 4 heteroatoms. The van der Waals surface area contributed by atoms with Crippen LogP contribution >= 0.6 is 11.6 Å². The predicted octanol–water partition coefficient (Wildman–Crippen LogP) is 2.12. The highest BCUT2D eigenvalue weighted by atomic mass is 35.5. The highest BCUT2D eigenvalue weighted by molar-refractivity contribution is 6.30. The van der Waals surface area contributed by atoms with Gasteiger partial charge in [-0.1, -0.05) is 17.7 Å². The lowest BCUT2D eigenvalue weighted by Crippen LogP contribution is -2.27. The first-order valence-electron chi connectivity index (χ1n) is 4.36. The van der Waals surface area contributed by atoms with Crippen LogP contribution in [0.25, 0.3) is 0 Å². The van der Waals surface area contributed by atoms with Gasteiger partial charge in [-0.2, -0.15) is 0 Å².